The van der Waals surface area contributed by atoms with Gasteiger partial charge in [-0.1, -0.05) is 17.7 Å². The maximum absolute atomic E-state index is 13.0. The van der Waals surface area contributed by atoms with Crippen LogP contribution in [0.5, 0.6) is 0 Å². The molecule has 0 unspecified atom stereocenters. The summed E-state index contributed by atoms with van der Waals surface area (Å²) in [7, 11) is 0. The number of non-ortho nitro benzene ring substituents is 1. The van der Waals surface area contributed by atoms with Crippen LogP contribution in [-0.4, -0.2) is 23.4 Å². The van der Waals surface area contributed by atoms with Gasteiger partial charge in [-0.05, 0) is 24.3 Å². The number of anilines is 1. The molecular weight excluding hydrogens is 343 g/mol. The lowest BCUT2D eigenvalue weighted by Gasteiger charge is -2.07. The molecule has 0 aliphatic heterocycles. The molecule has 0 aliphatic rings. The van der Waals surface area contributed by atoms with Gasteiger partial charge in [0.2, 0.25) is 0 Å². The van der Waals surface area contributed by atoms with Crippen molar-refractivity contribution in [2.45, 2.75) is 0 Å². The van der Waals surface area contributed by atoms with Gasteiger partial charge in [0, 0.05) is 17.8 Å². The number of nitrogens with zero attached hydrogens (tertiary/aromatic N) is 1. The fourth-order valence-electron chi connectivity index (χ4n) is 1.73. The van der Waals surface area contributed by atoms with E-state index in [1.165, 1.54) is 30.3 Å². The van der Waals surface area contributed by atoms with E-state index in [1.54, 1.807) is 0 Å². The molecule has 0 saturated heterocycles. The number of benzene rings is 2. The van der Waals surface area contributed by atoms with Gasteiger partial charge < -0.3 is 10.1 Å². The van der Waals surface area contributed by atoms with Gasteiger partial charge in [-0.3, -0.25) is 14.9 Å². The molecule has 0 aromatic heterocycles. The van der Waals surface area contributed by atoms with Crippen molar-refractivity contribution >= 4 is 34.9 Å². The van der Waals surface area contributed by atoms with Gasteiger partial charge in [0.1, 0.15) is 5.82 Å². The normalized spacial score (nSPS) is 10.1. The van der Waals surface area contributed by atoms with Crippen molar-refractivity contribution in [2.24, 2.45) is 0 Å². The Labute approximate surface area is 140 Å². The number of ether oxygens (including phenoxy) is 1. The largest absolute Gasteiger partial charge is 0.452 e. The minimum atomic E-state index is -0.883. The van der Waals surface area contributed by atoms with Crippen LogP contribution in [-0.2, 0) is 9.53 Å². The number of amides is 1. The number of halogens is 2. The highest BCUT2D eigenvalue weighted by Crippen LogP contribution is 2.19. The number of nitrogens with one attached hydrogen (secondary N) is 1. The predicted molar refractivity (Wildman–Crippen MR) is 83.4 cm³/mol. The fraction of sp³-hybridized carbons (Fsp3) is 0.0667. The zero-order chi connectivity index (χ0) is 17.7. The Hall–Kier alpha value is -3.00. The van der Waals surface area contributed by atoms with E-state index in [1.807, 2.05) is 0 Å². The van der Waals surface area contributed by atoms with Gasteiger partial charge in [0.15, 0.2) is 6.61 Å². The molecule has 0 saturated carbocycles. The van der Waals surface area contributed by atoms with Crippen LogP contribution in [0.1, 0.15) is 10.4 Å². The molecule has 0 fully saturated rings. The van der Waals surface area contributed by atoms with E-state index in [2.05, 4.69) is 5.32 Å². The average molecular weight is 353 g/mol. The Balaban J connectivity index is 1.93. The highest BCUT2D eigenvalue weighted by molar-refractivity contribution is 6.31. The average Bonchev–Trinajstić information content (AvgIpc) is 2.56. The number of rotatable bonds is 5. The van der Waals surface area contributed by atoms with Gasteiger partial charge in [-0.2, -0.15) is 0 Å². The van der Waals surface area contributed by atoms with Crippen LogP contribution in [0.25, 0.3) is 0 Å². The van der Waals surface area contributed by atoms with E-state index in [0.29, 0.717) is 0 Å². The second-order valence-electron chi connectivity index (χ2n) is 4.56. The maximum Gasteiger partial charge on any atom is 0.338 e. The summed E-state index contributed by atoms with van der Waals surface area (Å²) in [6.45, 7) is -0.615. The van der Waals surface area contributed by atoms with Crippen LogP contribution < -0.4 is 5.32 Å². The number of hydrogen-bond donors (Lipinski definition) is 1. The summed E-state index contributed by atoms with van der Waals surface area (Å²) in [5.41, 5.74) is -0.0884. The maximum atomic E-state index is 13.0. The summed E-state index contributed by atoms with van der Waals surface area (Å²) >= 11 is 5.58. The van der Waals surface area contributed by atoms with Crippen molar-refractivity contribution in [1.29, 1.82) is 0 Å². The SMILES string of the molecule is O=C(COC(=O)c1cccc([N+](=O)[O-])c1)Nc1ccc(F)c(Cl)c1. The van der Waals surface area contributed by atoms with E-state index >= 15 is 0 Å². The lowest BCUT2D eigenvalue weighted by atomic mass is 10.2. The lowest BCUT2D eigenvalue weighted by molar-refractivity contribution is -0.384. The summed E-state index contributed by atoms with van der Waals surface area (Å²) in [4.78, 5) is 33.5. The van der Waals surface area contributed by atoms with Crippen LogP contribution in [0.4, 0.5) is 15.8 Å². The number of esters is 1. The summed E-state index contributed by atoms with van der Waals surface area (Å²) < 4.78 is 17.8. The zero-order valence-electron chi connectivity index (χ0n) is 12.0. The third kappa shape index (κ3) is 4.50. The quantitative estimate of drug-likeness (QED) is 0.506. The minimum absolute atomic E-state index is 0.0539. The molecule has 0 heterocycles. The van der Waals surface area contributed by atoms with Crippen LogP contribution >= 0.6 is 11.6 Å². The van der Waals surface area contributed by atoms with Gasteiger partial charge >= 0.3 is 5.97 Å². The first-order valence-electron chi connectivity index (χ1n) is 6.53. The number of carbonyl (C=O) groups is 2. The first-order chi connectivity index (χ1) is 11.4. The van der Waals surface area contributed by atoms with E-state index < -0.39 is 29.2 Å². The van der Waals surface area contributed by atoms with Crippen LogP contribution in [0, 0.1) is 15.9 Å². The standard InChI is InChI=1S/C15H10ClFN2O5/c16-12-7-10(4-5-13(12)17)18-14(20)8-24-15(21)9-2-1-3-11(6-9)19(22)23/h1-7H,8H2,(H,18,20). The highest BCUT2D eigenvalue weighted by Gasteiger charge is 2.14. The zero-order valence-corrected chi connectivity index (χ0v) is 12.7. The fourth-order valence-corrected chi connectivity index (χ4v) is 1.91. The molecular formula is C15H10ClFN2O5. The van der Waals surface area contributed by atoms with Crippen LogP contribution in [0.3, 0.4) is 0 Å². The molecule has 2 aromatic carbocycles. The van der Waals surface area contributed by atoms with Crippen LogP contribution in [0.2, 0.25) is 5.02 Å². The van der Waals surface area contributed by atoms with E-state index in [-0.39, 0.29) is 22.0 Å². The van der Waals surface area contributed by atoms with Gasteiger partial charge in [0.05, 0.1) is 15.5 Å². The molecule has 9 heteroatoms. The lowest BCUT2D eigenvalue weighted by Crippen LogP contribution is -2.21. The molecule has 0 bridgehead atoms. The topological polar surface area (TPSA) is 98.5 Å². The number of hydrogen-bond acceptors (Lipinski definition) is 5. The number of nitro groups is 1. The molecule has 0 spiro atoms. The second kappa shape index (κ2) is 7.51. The van der Waals surface area contributed by atoms with Gasteiger partial charge in [-0.15, -0.1) is 0 Å². The summed E-state index contributed by atoms with van der Waals surface area (Å²) in [5.74, 6) is -2.19. The monoisotopic (exact) mass is 352 g/mol. The number of nitro benzene ring substituents is 1. The smallest absolute Gasteiger partial charge is 0.338 e. The minimum Gasteiger partial charge on any atom is -0.452 e. The molecule has 1 N–H and O–H groups in total. The molecule has 0 radical (unpaired) electrons. The van der Waals surface area contributed by atoms with Crippen molar-refractivity contribution in [2.75, 3.05) is 11.9 Å². The van der Waals surface area contributed by atoms with Crippen molar-refractivity contribution in [1.82, 2.24) is 0 Å². The Morgan fingerprint density at radius 3 is 2.67 bits per heavy atom. The second-order valence-corrected chi connectivity index (χ2v) is 4.97. The molecule has 0 atom stereocenters. The van der Waals surface area contributed by atoms with Crippen molar-refractivity contribution in [3.05, 3.63) is 69.0 Å². The third-order valence-corrected chi connectivity index (χ3v) is 3.12. The molecule has 0 aliphatic carbocycles. The van der Waals surface area contributed by atoms with Gasteiger partial charge in [0.25, 0.3) is 11.6 Å². The van der Waals surface area contributed by atoms with Gasteiger partial charge in [-0.25, -0.2) is 9.18 Å². The Morgan fingerprint density at radius 2 is 2.00 bits per heavy atom. The van der Waals surface area contributed by atoms with Crippen molar-refractivity contribution < 1.29 is 23.6 Å². The van der Waals surface area contributed by atoms with E-state index in [4.69, 9.17) is 16.3 Å². The molecule has 1 amide bonds. The Bertz CT molecular complexity index is 812. The molecule has 7 nitrogen and oxygen atoms in total. The molecule has 24 heavy (non-hydrogen) atoms. The van der Waals surface area contributed by atoms with E-state index in [0.717, 1.165) is 12.1 Å². The molecule has 2 rings (SSSR count). The molecule has 2 aromatic rings. The third-order valence-electron chi connectivity index (χ3n) is 2.83. The summed E-state index contributed by atoms with van der Waals surface area (Å²) in [5, 5.41) is 12.9. The Kier molecular flexibility index (Phi) is 5.43. The van der Waals surface area contributed by atoms with Crippen LogP contribution in [0.15, 0.2) is 42.5 Å². The summed E-state index contributed by atoms with van der Waals surface area (Å²) in [6, 6.07) is 8.50. The predicted octanol–water partition coefficient (Wildman–Crippen LogP) is 3.18. The molecule has 124 valence electrons. The number of carbonyl (C=O) groups excluding carboxylic acids is 2. The highest BCUT2D eigenvalue weighted by atomic mass is 35.5. The van der Waals surface area contributed by atoms with Crippen molar-refractivity contribution in [3.8, 4) is 0 Å². The van der Waals surface area contributed by atoms with Crippen molar-refractivity contribution in [3.63, 3.8) is 0 Å². The first-order valence-corrected chi connectivity index (χ1v) is 6.91. The first kappa shape index (κ1) is 17.4. The summed E-state index contributed by atoms with van der Waals surface area (Å²) in [6.07, 6.45) is 0. The Morgan fingerprint density at radius 1 is 1.25 bits per heavy atom. The van der Waals surface area contributed by atoms with E-state index in [9.17, 15) is 24.1 Å².